The van der Waals surface area contributed by atoms with Crippen molar-refractivity contribution in [3.63, 3.8) is 0 Å². The van der Waals surface area contributed by atoms with E-state index in [1.807, 2.05) is 32.9 Å². The van der Waals surface area contributed by atoms with Crippen molar-refractivity contribution in [3.05, 3.63) is 34.6 Å². The minimum absolute atomic E-state index is 0.275. The Balaban J connectivity index is 2.13. The van der Waals surface area contributed by atoms with Crippen molar-refractivity contribution in [2.45, 2.75) is 58.3 Å². The smallest absolute Gasteiger partial charge is 0.0893 e. The topological polar surface area (TPSA) is 65.9 Å². The number of aryl methyl sites for hydroxylation is 2. The summed E-state index contributed by atoms with van der Waals surface area (Å²) in [4.78, 5) is 21.9. The Morgan fingerprint density at radius 1 is 1.00 bits per heavy atom. The van der Waals surface area contributed by atoms with E-state index in [0.717, 1.165) is 28.7 Å². The number of benzene rings is 1. The molecule has 0 amide bonds. The molecule has 0 saturated heterocycles. The van der Waals surface area contributed by atoms with Crippen LogP contribution in [0.4, 0.5) is 0 Å². The van der Waals surface area contributed by atoms with E-state index in [0.29, 0.717) is 12.1 Å². The molecule has 1 aromatic carbocycles. The molecule has 0 radical (unpaired) electrons. The monoisotopic (exact) mass is 309 g/mol. The fraction of sp³-hybridized carbons (Fsp3) is 0.526. The number of aromatic nitrogens is 2. The Hall–Kier alpha value is -1.97. The fourth-order valence-corrected chi connectivity index (χ4v) is 4.81. The summed E-state index contributed by atoms with van der Waals surface area (Å²) in [6, 6.07) is 4.05. The Morgan fingerprint density at radius 2 is 1.52 bits per heavy atom. The van der Waals surface area contributed by atoms with Crippen LogP contribution in [0.3, 0.4) is 0 Å². The average Bonchev–Trinajstić information content (AvgIpc) is 2.75. The third-order valence-electron chi connectivity index (χ3n) is 7.00. The van der Waals surface area contributed by atoms with Crippen molar-refractivity contribution >= 4 is 17.0 Å². The number of nitrogens with zero attached hydrogens (tertiary/aromatic N) is 2. The summed E-state index contributed by atoms with van der Waals surface area (Å²) in [5.74, 6) is -1.01. The number of aliphatic carboxylic acids is 1. The molecule has 23 heavy (non-hydrogen) atoms. The first-order valence-corrected chi connectivity index (χ1v) is 8.16. The standard InChI is InChI=1S/C19H22N2O2/c1-10-8-12-13(9-11(10)2)21-15-14(20-12)18(5)6-7-19(15,16(22)23)17(18,3)4/h8-9H,6-7H2,1-5H3,(H,22,23)/p-1/t18-,19+/m1/s1. The summed E-state index contributed by atoms with van der Waals surface area (Å²) in [5.41, 5.74) is 3.67. The second-order valence-corrected chi connectivity index (χ2v) is 8.00. The van der Waals surface area contributed by atoms with Gasteiger partial charge in [0.2, 0.25) is 0 Å². The molecule has 1 aromatic heterocycles. The van der Waals surface area contributed by atoms with Crippen LogP contribution in [0.15, 0.2) is 12.1 Å². The number of carboxylic acid groups (broad SMARTS) is 1. The van der Waals surface area contributed by atoms with Crippen LogP contribution < -0.4 is 5.11 Å². The number of carboxylic acids is 1. The molecule has 0 spiro atoms. The number of hydrogen-bond donors (Lipinski definition) is 0. The summed E-state index contributed by atoms with van der Waals surface area (Å²) in [6.45, 7) is 10.3. The van der Waals surface area contributed by atoms with Gasteiger partial charge in [0.25, 0.3) is 0 Å². The minimum atomic E-state index is -1.03. The maximum absolute atomic E-state index is 12.2. The molecule has 2 aliphatic rings. The van der Waals surface area contributed by atoms with Gasteiger partial charge in [-0.15, -0.1) is 0 Å². The maximum Gasteiger partial charge on any atom is 0.0893 e. The van der Waals surface area contributed by atoms with Crippen LogP contribution in [0.2, 0.25) is 0 Å². The minimum Gasteiger partial charge on any atom is -0.549 e. The second kappa shape index (κ2) is 3.92. The van der Waals surface area contributed by atoms with Crippen LogP contribution in [0.1, 0.15) is 56.1 Å². The average molecular weight is 309 g/mol. The lowest BCUT2D eigenvalue weighted by Gasteiger charge is -2.41. The molecule has 120 valence electrons. The molecule has 1 saturated carbocycles. The van der Waals surface area contributed by atoms with Gasteiger partial charge in [0.15, 0.2) is 0 Å². The molecule has 4 nitrogen and oxygen atoms in total. The van der Waals surface area contributed by atoms with Crippen LogP contribution in [0, 0.1) is 19.3 Å². The quantitative estimate of drug-likeness (QED) is 0.811. The zero-order valence-corrected chi connectivity index (χ0v) is 14.3. The van der Waals surface area contributed by atoms with E-state index < -0.39 is 16.8 Å². The summed E-state index contributed by atoms with van der Waals surface area (Å²) in [6.07, 6.45) is 1.39. The second-order valence-electron chi connectivity index (χ2n) is 8.00. The number of carbonyl (C=O) groups is 1. The highest BCUT2D eigenvalue weighted by Gasteiger charge is 2.70. The van der Waals surface area contributed by atoms with Gasteiger partial charge in [-0.05, 0) is 55.4 Å². The highest BCUT2D eigenvalue weighted by molar-refractivity contribution is 5.86. The van der Waals surface area contributed by atoms with Crippen molar-refractivity contribution < 1.29 is 9.90 Å². The molecule has 1 fully saturated rings. The van der Waals surface area contributed by atoms with Crippen LogP contribution >= 0.6 is 0 Å². The van der Waals surface area contributed by atoms with Crippen molar-refractivity contribution in [2.24, 2.45) is 5.41 Å². The molecule has 2 bridgehead atoms. The summed E-state index contributed by atoms with van der Waals surface area (Å²) >= 11 is 0. The molecular formula is C19H21N2O2-. The molecule has 4 rings (SSSR count). The van der Waals surface area contributed by atoms with Gasteiger partial charge in [0.05, 0.1) is 33.8 Å². The Labute approximate surface area is 136 Å². The van der Waals surface area contributed by atoms with Crippen molar-refractivity contribution in [2.75, 3.05) is 0 Å². The van der Waals surface area contributed by atoms with Gasteiger partial charge in [-0.1, -0.05) is 20.8 Å². The highest BCUT2D eigenvalue weighted by atomic mass is 16.4. The van der Waals surface area contributed by atoms with Crippen LogP contribution in [0.5, 0.6) is 0 Å². The van der Waals surface area contributed by atoms with Crippen molar-refractivity contribution in [3.8, 4) is 0 Å². The van der Waals surface area contributed by atoms with Crippen LogP contribution in [-0.2, 0) is 15.6 Å². The van der Waals surface area contributed by atoms with Gasteiger partial charge < -0.3 is 9.90 Å². The lowest BCUT2D eigenvalue weighted by molar-refractivity contribution is -0.317. The first-order valence-electron chi connectivity index (χ1n) is 8.16. The van der Waals surface area contributed by atoms with Gasteiger partial charge in [-0.2, -0.15) is 0 Å². The number of carbonyl (C=O) groups excluding carboxylic acids is 1. The summed E-state index contributed by atoms with van der Waals surface area (Å²) in [5, 5.41) is 12.2. The van der Waals surface area contributed by atoms with E-state index in [1.54, 1.807) is 0 Å². The van der Waals surface area contributed by atoms with E-state index in [-0.39, 0.29) is 5.41 Å². The van der Waals surface area contributed by atoms with Gasteiger partial charge in [-0.3, -0.25) is 0 Å². The molecule has 4 heteroatoms. The number of rotatable bonds is 1. The normalized spacial score (nSPS) is 30.7. The Morgan fingerprint density at radius 3 is 2.04 bits per heavy atom. The molecule has 0 unspecified atom stereocenters. The lowest BCUT2D eigenvalue weighted by atomic mass is 9.64. The molecular weight excluding hydrogens is 288 g/mol. The largest absolute Gasteiger partial charge is 0.549 e. The Kier molecular flexibility index (Phi) is 2.49. The molecule has 2 atom stereocenters. The highest BCUT2D eigenvalue weighted by Crippen LogP contribution is 2.69. The van der Waals surface area contributed by atoms with E-state index in [4.69, 9.17) is 9.97 Å². The number of fused-ring (bicyclic) bond motifs is 6. The summed E-state index contributed by atoms with van der Waals surface area (Å²) < 4.78 is 0. The molecule has 2 aliphatic carbocycles. The number of hydrogen-bond acceptors (Lipinski definition) is 4. The van der Waals surface area contributed by atoms with Gasteiger partial charge in [0.1, 0.15) is 0 Å². The third-order valence-corrected chi connectivity index (χ3v) is 7.00. The fourth-order valence-electron chi connectivity index (χ4n) is 4.81. The zero-order valence-electron chi connectivity index (χ0n) is 14.3. The van der Waals surface area contributed by atoms with E-state index >= 15 is 0 Å². The Bertz CT molecular complexity index is 887. The van der Waals surface area contributed by atoms with Crippen molar-refractivity contribution in [1.82, 2.24) is 9.97 Å². The molecule has 2 aromatic rings. The third kappa shape index (κ3) is 1.37. The zero-order chi connectivity index (χ0) is 16.8. The molecule has 0 N–H and O–H groups in total. The van der Waals surface area contributed by atoms with Crippen LogP contribution in [-0.4, -0.2) is 15.9 Å². The maximum atomic E-state index is 12.2. The van der Waals surface area contributed by atoms with Gasteiger partial charge >= 0.3 is 0 Å². The molecule has 1 heterocycles. The summed E-state index contributed by atoms with van der Waals surface area (Å²) in [7, 11) is 0. The van der Waals surface area contributed by atoms with Crippen molar-refractivity contribution in [1.29, 1.82) is 0 Å². The predicted molar refractivity (Wildman–Crippen MR) is 86.1 cm³/mol. The predicted octanol–water partition coefficient (Wildman–Crippen LogP) is 2.33. The van der Waals surface area contributed by atoms with E-state index in [2.05, 4.69) is 13.8 Å². The SMILES string of the molecule is Cc1cc2nc3c(nc2cc1C)[C@]1(C(=O)[O-])CC[C@@]3(C)C1(C)C. The van der Waals surface area contributed by atoms with E-state index in [1.165, 1.54) is 5.56 Å². The molecule has 0 aliphatic heterocycles. The lowest BCUT2D eigenvalue weighted by Crippen LogP contribution is -2.52. The van der Waals surface area contributed by atoms with E-state index in [9.17, 15) is 9.90 Å². The van der Waals surface area contributed by atoms with Gasteiger partial charge in [-0.25, -0.2) is 9.97 Å². The van der Waals surface area contributed by atoms with Gasteiger partial charge in [0, 0.05) is 5.41 Å². The first-order chi connectivity index (χ1) is 10.6. The first kappa shape index (κ1) is 14.6. The van der Waals surface area contributed by atoms with Crippen LogP contribution in [0.25, 0.3) is 11.0 Å².